The number of fused-ring (bicyclic) bond motifs is 6. The topological polar surface area (TPSA) is 457 Å². The van der Waals surface area contributed by atoms with Gasteiger partial charge in [0.1, 0.15) is 59.9 Å². The number of nitrogens with one attached hydrogen (secondary N) is 1. The van der Waals surface area contributed by atoms with E-state index in [0.29, 0.717) is 192 Å². The number of piperazine rings is 2. The van der Waals surface area contributed by atoms with Gasteiger partial charge in [-0.2, -0.15) is 10.1 Å². The first-order valence-electron chi connectivity index (χ1n) is 46.4. The summed E-state index contributed by atoms with van der Waals surface area (Å²) in [5.41, 5.74) is 21.0. The molecule has 8 N–H and O–H groups in total. The number of carbonyl (C=O) groups is 8. The fraction of sp³-hybridized carbons (Fsp3) is 0.562. The normalized spacial score (nSPS) is 26.7. The molecule has 11 heterocycles. The molecule has 14 rings (SSSR count). The first-order valence-corrected chi connectivity index (χ1v) is 46.4. The number of nitrogen functional groups attached to an aromatic ring is 2. The van der Waals surface area contributed by atoms with Crippen molar-refractivity contribution in [2.24, 2.45) is 29.6 Å². The van der Waals surface area contributed by atoms with Crippen molar-refractivity contribution >= 4 is 93.2 Å². The van der Waals surface area contributed by atoms with E-state index in [1.807, 2.05) is 98.9 Å². The number of anilines is 4. The fourth-order valence-electron chi connectivity index (χ4n) is 19.4. The van der Waals surface area contributed by atoms with Crippen LogP contribution in [0, 0.1) is 29.6 Å². The van der Waals surface area contributed by atoms with Crippen LogP contribution in [0.25, 0.3) is 33.4 Å². The van der Waals surface area contributed by atoms with E-state index in [2.05, 4.69) is 62.1 Å². The van der Waals surface area contributed by atoms with Gasteiger partial charge < -0.3 is 89.4 Å². The van der Waals surface area contributed by atoms with Crippen molar-refractivity contribution in [1.29, 1.82) is 0 Å². The predicted molar refractivity (Wildman–Crippen MR) is 490 cm³/mol. The number of hydrogen-bond acceptors (Lipinski definition) is 30. The number of carbonyl (C=O) groups excluding carboxylic acids is 7. The molecule has 7 aromatic rings. The van der Waals surface area contributed by atoms with Crippen molar-refractivity contribution in [2.45, 2.75) is 225 Å². The zero-order chi connectivity index (χ0) is 93.4. The average Bonchev–Trinajstić information content (AvgIpc) is 1.64. The van der Waals surface area contributed by atoms with Gasteiger partial charge in [0, 0.05) is 141 Å². The van der Waals surface area contributed by atoms with E-state index in [1.54, 1.807) is 49.8 Å². The molecule has 7 aliphatic rings. The molecule has 1 aliphatic carbocycles. The third-order valence-corrected chi connectivity index (χ3v) is 27.0. The molecule has 708 valence electrons. The quantitative estimate of drug-likeness (QED) is 0.0169. The molecule has 4 amide bonds. The minimum absolute atomic E-state index is 0.000663. The van der Waals surface area contributed by atoms with E-state index in [9.17, 15) is 53.7 Å². The third-order valence-electron chi connectivity index (χ3n) is 27.0. The number of nitrogens with zero attached hydrogens (tertiary/aromatic N) is 15. The number of oxazole rings is 1. The summed E-state index contributed by atoms with van der Waals surface area (Å²) in [4.78, 5) is 153. The standard InChI is InChI=1S/C96H126N18O18/c1-58-15-10-9-11-16-60(3)78(126-7)48-72-17-14-31-96(125,132-72)85(118)89(120)113-32-13-12-18-74(113)91(123)130-76(27-19-59(2)44-63(6)83(117)84(127-8)82(116)62(5)43-58)61(4)45-64-21-25-71(26-22-64)129-95(124)103-51-66-49-99-94(100-50-66)111-38-39-112(75(56-111)90(121)122)79(115)30-41-128-42-40-108-34-36-109(37-35-108)93-101-52-70(53-102-93)88(119)110-33-29-67-46-65(20-23-69(67)55-110)54-114-87-80(86(97)104-57-105-87)81(107-114)68-24-28-77-73(47-68)106-92(98)131-77/h9-11,15-16,20,23-24,28,44,46-47,49-50,52-53,57-59,61-62,64,71-72,74-76,78,83-84,117,125H,12-14,17-19,21-22,25-27,29-43,45,48,51,54-56H2,1-8H3,(H2,98,106)(H,103,124)(H,121,122)(H2,97,104,105)/b11-9?,15-10+,60-16?,63-44+/t58-,59+,61-,62-,64?,71?,72+,74+,75-,76+,78+,83-,84+,96-/m1/s1. The SMILES string of the molecule is CO[C@H]1C[C@@H]2CCC[C@@](O)(O2)C(=O)C(=O)N2CCCC[C@H]2C(=O)O[C@H]([C@H](C)CC2CCC(OC(=O)NCc3cnc(N4CCN(C(=O)CCOCCN5CCN(c6ncc(C(=O)N7CCc8cc(Cn9nc(-c%10ccc%11oc(N)nc%11c%10)c%10c(N)ncnc%109)ccc8C7)cn6)CC5)[C@@H](C(=O)O)C4)nc3)CC2)CC[C@H](C)/C=C(\C)[C@@H](O)[C@@H](OC)C(=O)[C@H](C)C[C@H](C)/C=C/C=CC=C1C. The molecule has 2 aromatic carbocycles. The molecule has 4 saturated heterocycles. The number of carboxylic acid groups (broad SMARTS) is 1. The highest BCUT2D eigenvalue weighted by molar-refractivity contribution is 6.39. The molecule has 0 spiro atoms. The largest absolute Gasteiger partial charge is 0.480 e. The molecule has 5 aromatic heterocycles. The van der Waals surface area contributed by atoms with Gasteiger partial charge in [-0.25, -0.2) is 49.0 Å². The lowest BCUT2D eigenvalue weighted by Crippen LogP contribution is -2.58. The Kier molecular flexibility index (Phi) is 32.4. The van der Waals surface area contributed by atoms with Crippen molar-refractivity contribution in [2.75, 3.05) is 114 Å². The molecule has 36 nitrogen and oxygen atoms in total. The molecule has 0 radical (unpaired) electrons. The summed E-state index contributed by atoms with van der Waals surface area (Å²) in [5.74, 6) is -6.45. The number of Topliss-reactive ketones (excluding diaryl/α,β-unsaturated/α-hetero) is 2. The number of alkyl carbamates (subject to hydrolysis) is 1. The lowest BCUT2D eigenvalue weighted by molar-refractivity contribution is -0.245. The monoisotopic (exact) mass is 1820 g/mol. The van der Waals surface area contributed by atoms with Crippen LogP contribution in [-0.4, -0.2) is 274 Å². The van der Waals surface area contributed by atoms with E-state index in [0.717, 1.165) is 40.7 Å². The molecule has 6 aliphatic heterocycles. The fourth-order valence-corrected chi connectivity index (χ4v) is 19.4. The Bertz CT molecular complexity index is 5360. The second-order valence-electron chi connectivity index (χ2n) is 36.6. The van der Waals surface area contributed by atoms with Crippen LogP contribution in [0.3, 0.4) is 0 Å². The van der Waals surface area contributed by atoms with Crippen LogP contribution in [0.5, 0.6) is 0 Å². The third kappa shape index (κ3) is 23.9. The minimum Gasteiger partial charge on any atom is -0.480 e. The number of hydrogen-bond donors (Lipinski definition) is 6. The molecule has 1 saturated carbocycles. The number of methoxy groups -OCH3 is 2. The van der Waals surface area contributed by atoms with Crippen LogP contribution < -0.4 is 26.6 Å². The van der Waals surface area contributed by atoms with E-state index in [-0.39, 0.29) is 118 Å². The Balaban J connectivity index is 0.496. The number of esters is 1. The van der Waals surface area contributed by atoms with Crippen molar-refractivity contribution in [3.8, 4) is 11.3 Å². The van der Waals surface area contributed by atoms with Crippen LogP contribution >= 0.6 is 0 Å². The number of ketones is 2. The molecular formula is C96H126N18O18. The Morgan fingerprint density at radius 3 is 2.27 bits per heavy atom. The lowest BCUT2D eigenvalue weighted by Gasteiger charge is -2.40. The molecular weight excluding hydrogens is 1690 g/mol. The van der Waals surface area contributed by atoms with Crippen LogP contribution in [0.15, 0.2) is 120 Å². The van der Waals surface area contributed by atoms with Crippen molar-refractivity contribution in [3.05, 3.63) is 143 Å². The number of ether oxygens (including phenoxy) is 6. The van der Waals surface area contributed by atoms with Crippen molar-refractivity contribution < 1.29 is 86.5 Å². The maximum atomic E-state index is 14.7. The maximum absolute atomic E-state index is 14.7. The Labute approximate surface area is 768 Å². The van der Waals surface area contributed by atoms with Gasteiger partial charge in [-0.15, -0.1) is 0 Å². The Hall–Kier alpha value is -11.5. The summed E-state index contributed by atoms with van der Waals surface area (Å²) < 4.78 is 43.4. The molecule has 2 bridgehead atoms. The van der Waals surface area contributed by atoms with Gasteiger partial charge in [-0.3, -0.25) is 28.9 Å². The van der Waals surface area contributed by atoms with Gasteiger partial charge in [-0.1, -0.05) is 82.4 Å². The summed E-state index contributed by atoms with van der Waals surface area (Å²) in [6.07, 6.45) is 22.3. The zero-order valence-corrected chi connectivity index (χ0v) is 76.8. The molecule has 0 unspecified atom stereocenters. The van der Waals surface area contributed by atoms with Crippen molar-refractivity contribution in [3.63, 3.8) is 0 Å². The van der Waals surface area contributed by atoms with Gasteiger partial charge in [0.05, 0.1) is 55.9 Å². The lowest BCUT2D eigenvalue weighted by atomic mass is 9.79. The zero-order valence-electron chi connectivity index (χ0n) is 76.8. The summed E-state index contributed by atoms with van der Waals surface area (Å²) in [6, 6.07) is 9.59. The van der Waals surface area contributed by atoms with E-state index >= 15 is 0 Å². The highest BCUT2D eigenvalue weighted by Crippen LogP contribution is 2.39. The number of piperidine rings is 1. The summed E-state index contributed by atoms with van der Waals surface area (Å²) in [6.45, 7) is 17.4. The number of aromatic nitrogens is 9. The summed E-state index contributed by atoms with van der Waals surface area (Å²) in [7, 11) is 3.00. The Morgan fingerprint density at radius 2 is 1.51 bits per heavy atom. The molecule has 5 fully saturated rings. The summed E-state index contributed by atoms with van der Waals surface area (Å²) >= 11 is 0. The number of cyclic esters (lactones) is 1. The summed E-state index contributed by atoms with van der Waals surface area (Å²) in [5, 5.41) is 42.3. The highest BCUT2D eigenvalue weighted by Gasteiger charge is 2.50. The van der Waals surface area contributed by atoms with Gasteiger partial charge in [0.15, 0.2) is 17.0 Å². The minimum atomic E-state index is -2.40. The van der Waals surface area contributed by atoms with Gasteiger partial charge >= 0.3 is 18.0 Å². The number of benzene rings is 2. The van der Waals surface area contributed by atoms with Gasteiger partial charge in [0.2, 0.25) is 23.6 Å². The molecule has 36 heteroatoms. The van der Waals surface area contributed by atoms with Gasteiger partial charge in [-0.05, 0) is 173 Å². The number of aliphatic hydroxyl groups is 2. The maximum Gasteiger partial charge on any atom is 0.407 e. The number of nitrogens with two attached hydrogens (primary N) is 2. The number of allylic oxidation sites excluding steroid dienone is 6. The number of aliphatic carboxylic acids is 1. The van der Waals surface area contributed by atoms with Gasteiger partial charge in [0.25, 0.3) is 23.6 Å². The number of carboxylic acids is 1. The Morgan fingerprint density at radius 1 is 0.750 bits per heavy atom. The average molecular weight is 1820 g/mol. The smallest absolute Gasteiger partial charge is 0.407 e. The highest BCUT2D eigenvalue weighted by atomic mass is 16.6. The van der Waals surface area contributed by atoms with Crippen molar-refractivity contribution in [1.82, 2.24) is 69.6 Å². The van der Waals surface area contributed by atoms with Crippen LogP contribution in [0.1, 0.15) is 177 Å². The van der Waals surface area contributed by atoms with Crippen LogP contribution in [0.4, 0.5) is 28.5 Å². The second kappa shape index (κ2) is 44.3. The number of aliphatic hydroxyl groups excluding tert-OH is 1. The molecule has 132 heavy (non-hydrogen) atoms. The second-order valence-corrected chi connectivity index (χ2v) is 36.6. The van der Waals surface area contributed by atoms with E-state index in [4.69, 9.17) is 49.4 Å². The van der Waals surface area contributed by atoms with Crippen LogP contribution in [0.2, 0.25) is 0 Å². The first-order chi connectivity index (χ1) is 63.6. The van der Waals surface area contributed by atoms with E-state index in [1.165, 1.54) is 23.2 Å². The van der Waals surface area contributed by atoms with Crippen LogP contribution in [-0.2, 0) is 83.2 Å². The number of rotatable bonds is 21. The van der Waals surface area contributed by atoms with E-state index < -0.39 is 84.0 Å². The first kappa shape index (κ1) is 96.5. The predicted octanol–water partition coefficient (Wildman–Crippen LogP) is 9.33. The number of amides is 4. The molecule has 12 atom stereocenters.